The number of aliphatic hydroxyl groups excluding tert-OH is 1. The Morgan fingerprint density at radius 1 is 1.28 bits per heavy atom. The molecule has 1 aromatic carbocycles. The zero-order chi connectivity index (χ0) is 13.0. The van der Waals surface area contributed by atoms with E-state index in [9.17, 15) is 0 Å². The molecule has 1 N–H and O–H groups in total. The molecule has 0 saturated carbocycles. The summed E-state index contributed by atoms with van der Waals surface area (Å²) in [5.41, 5.74) is 1.22. The van der Waals surface area contributed by atoms with Crippen molar-refractivity contribution in [1.29, 1.82) is 0 Å². The predicted molar refractivity (Wildman–Crippen MR) is 76.4 cm³/mol. The van der Waals surface area contributed by atoms with E-state index in [4.69, 9.17) is 16.7 Å². The Balaban J connectivity index is 2.10. The van der Waals surface area contributed by atoms with Gasteiger partial charge in [0, 0.05) is 36.4 Å². The predicted octanol–water partition coefficient (Wildman–Crippen LogP) is 2.23. The summed E-state index contributed by atoms with van der Waals surface area (Å²) in [6, 6.07) is 8.44. The Hall–Kier alpha value is -0.770. The van der Waals surface area contributed by atoms with Crippen LogP contribution in [0.4, 0.5) is 5.69 Å². The van der Waals surface area contributed by atoms with Crippen LogP contribution >= 0.6 is 11.6 Å². The monoisotopic (exact) mass is 268 g/mol. The van der Waals surface area contributed by atoms with Crippen molar-refractivity contribution in [3.05, 3.63) is 29.3 Å². The van der Waals surface area contributed by atoms with Crippen LogP contribution in [0.15, 0.2) is 24.3 Å². The molecule has 0 aliphatic carbocycles. The van der Waals surface area contributed by atoms with Crippen molar-refractivity contribution >= 4 is 17.3 Å². The minimum atomic E-state index is 0.253. The minimum Gasteiger partial charge on any atom is -0.396 e. The molecular weight excluding hydrogens is 248 g/mol. The van der Waals surface area contributed by atoms with Crippen LogP contribution < -0.4 is 4.90 Å². The Bertz CT molecular complexity index is 369. The van der Waals surface area contributed by atoms with E-state index in [0.29, 0.717) is 6.04 Å². The van der Waals surface area contributed by atoms with E-state index >= 15 is 0 Å². The summed E-state index contributed by atoms with van der Waals surface area (Å²) < 4.78 is 0. The van der Waals surface area contributed by atoms with Gasteiger partial charge in [0.1, 0.15) is 0 Å². The molecule has 0 aromatic heterocycles. The number of nitrogens with zero attached hydrogens (tertiary/aromatic N) is 2. The van der Waals surface area contributed by atoms with Crippen molar-refractivity contribution in [1.82, 2.24) is 4.90 Å². The third-order valence-corrected chi connectivity index (χ3v) is 3.90. The van der Waals surface area contributed by atoms with Gasteiger partial charge >= 0.3 is 0 Å². The lowest BCUT2D eigenvalue weighted by Crippen LogP contribution is -2.39. The molecule has 1 saturated heterocycles. The second-order valence-corrected chi connectivity index (χ2v) is 5.36. The van der Waals surface area contributed by atoms with E-state index in [1.54, 1.807) is 0 Å². The Kier molecular flexibility index (Phi) is 4.87. The molecule has 0 spiro atoms. The van der Waals surface area contributed by atoms with E-state index < -0.39 is 0 Å². The van der Waals surface area contributed by atoms with Gasteiger partial charge in [0.15, 0.2) is 0 Å². The molecule has 1 aliphatic rings. The number of rotatable bonds is 3. The van der Waals surface area contributed by atoms with E-state index in [0.717, 1.165) is 37.5 Å². The van der Waals surface area contributed by atoms with E-state index in [1.807, 2.05) is 12.1 Å². The van der Waals surface area contributed by atoms with Crippen molar-refractivity contribution < 1.29 is 5.11 Å². The zero-order valence-corrected chi connectivity index (χ0v) is 11.6. The molecule has 4 heteroatoms. The molecule has 1 atom stereocenters. The first-order valence-corrected chi connectivity index (χ1v) is 6.90. The van der Waals surface area contributed by atoms with Crippen LogP contribution in [0.1, 0.15) is 12.8 Å². The number of anilines is 1. The second-order valence-electron chi connectivity index (χ2n) is 4.92. The van der Waals surface area contributed by atoms with Crippen molar-refractivity contribution in [2.24, 2.45) is 0 Å². The second kappa shape index (κ2) is 6.41. The summed E-state index contributed by atoms with van der Waals surface area (Å²) in [6.07, 6.45) is 1.99. The third kappa shape index (κ3) is 3.37. The maximum absolute atomic E-state index is 9.16. The highest BCUT2D eigenvalue weighted by Gasteiger charge is 2.21. The smallest absolute Gasteiger partial charge is 0.0446 e. The van der Waals surface area contributed by atoms with Gasteiger partial charge < -0.3 is 14.9 Å². The van der Waals surface area contributed by atoms with Crippen molar-refractivity contribution in [3.8, 4) is 0 Å². The average molecular weight is 269 g/mol. The average Bonchev–Trinajstić information content (AvgIpc) is 2.54. The van der Waals surface area contributed by atoms with Crippen LogP contribution in [-0.4, -0.2) is 49.3 Å². The van der Waals surface area contributed by atoms with E-state index in [2.05, 4.69) is 29.0 Å². The summed E-state index contributed by atoms with van der Waals surface area (Å²) in [5, 5.41) is 9.93. The first kappa shape index (κ1) is 13.7. The van der Waals surface area contributed by atoms with Gasteiger partial charge in [0.25, 0.3) is 0 Å². The summed E-state index contributed by atoms with van der Waals surface area (Å²) in [4.78, 5) is 4.74. The first-order valence-electron chi connectivity index (χ1n) is 6.52. The third-order valence-electron chi connectivity index (χ3n) is 3.65. The van der Waals surface area contributed by atoms with Gasteiger partial charge in [-0.1, -0.05) is 11.6 Å². The molecule has 1 unspecified atom stereocenters. The van der Waals surface area contributed by atoms with Crippen LogP contribution in [0.3, 0.4) is 0 Å². The van der Waals surface area contributed by atoms with Crippen molar-refractivity contribution in [2.45, 2.75) is 18.9 Å². The van der Waals surface area contributed by atoms with Crippen molar-refractivity contribution in [3.63, 3.8) is 0 Å². The van der Waals surface area contributed by atoms with Crippen LogP contribution in [-0.2, 0) is 0 Å². The van der Waals surface area contributed by atoms with Crippen LogP contribution in [0.25, 0.3) is 0 Å². The highest BCUT2D eigenvalue weighted by molar-refractivity contribution is 6.30. The molecule has 2 rings (SSSR count). The molecular formula is C14H21ClN2O. The minimum absolute atomic E-state index is 0.253. The number of aliphatic hydroxyl groups is 1. The molecule has 0 bridgehead atoms. The topological polar surface area (TPSA) is 26.7 Å². The first-order chi connectivity index (χ1) is 8.70. The Morgan fingerprint density at radius 2 is 2.00 bits per heavy atom. The molecule has 1 aromatic rings. The zero-order valence-electron chi connectivity index (χ0n) is 10.8. The standard InChI is InChI=1S/C14H21ClN2O/c1-16-8-2-9-17(11-14(16)7-10-18)13-5-3-12(15)4-6-13/h3-6,14,18H,2,7-11H2,1H3. The molecule has 3 nitrogen and oxygen atoms in total. The summed E-state index contributed by atoms with van der Waals surface area (Å²) >= 11 is 5.92. The number of hydrogen-bond acceptors (Lipinski definition) is 3. The van der Waals surface area contributed by atoms with E-state index in [1.165, 1.54) is 5.69 Å². The lowest BCUT2D eigenvalue weighted by atomic mass is 10.1. The number of benzene rings is 1. The van der Waals surface area contributed by atoms with Gasteiger partial charge in [0.05, 0.1) is 0 Å². The fourth-order valence-electron chi connectivity index (χ4n) is 2.53. The van der Waals surface area contributed by atoms with Gasteiger partial charge in [0.2, 0.25) is 0 Å². The lowest BCUT2D eigenvalue weighted by Gasteiger charge is -2.29. The van der Waals surface area contributed by atoms with E-state index in [-0.39, 0.29) is 6.61 Å². The molecule has 18 heavy (non-hydrogen) atoms. The molecule has 1 heterocycles. The lowest BCUT2D eigenvalue weighted by molar-refractivity contribution is 0.196. The van der Waals surface area contributed by atoms with Crippen molar-refractivity contribution in [2.75, 3.05) is 38.2 Å². The Labute approximate surface area is 114 Å². The Morgan fingerprint density at radius 3 is 2.67 bits per heavy atom. The largest absolute Gasteiger partial charge is 0.396 e. The number of likely N-dealkylation sites (N-methyl/N-ethyl adjacent to an activating group) is 1. The normalized spacial score (nSPS) is 21.9. The molecule has 1 aliphatic heterocycles. The number of hydrogen-bond donors (Lipinski definition) is 1. The highest BCUT2D eigenvalue weighted by atomic mass is 35.5. The summed E-state index contributed by atoms with van der Waals surface area (Å²) in [5.74, 6) is 0. The highest BCUT2D eigenvalue weighted by Crippen LogP contribution is 2.21. The molecule has 0 radical (unpaired) electrons. The quantitative estimate of drug-likeness (QED) is 0.911. The van der Waals surface area contributed by atoms with Gasteiger partial charge in [-0.2, -0.15) is 0 Å². The van der Waals surface area contributed by atoms with Crippen LogP contribution in [0.5, 0.6) is 0 Å². The molecule has 0 amide bonds. The van der Waals surface area contributed by atoms with Crippen LogP contribution in [0.2, 0.25) is 5.02 Å². The molecule has 100 valence electrons. The van der Waals surface area contributed by atoms with Crippen LogP contribution in [0, 0.1) is 0 Å². The maximum Gasteiger partial charge on any atom is 0.0446 e. The van der Waals surface area contributed by atoms with Gasteiger partial charge in [-0.3, -0.25) is 0 Å². The number of halogens is 1. The van der Waals surface area contributed by atoms with Gasteiger partial charge in [-0.15, -0.1) is 0 Å². The summed E-state index contributed by atoms with van der Waals surface area (Å²) in [6.45, 7) is 3.38. The SMILES string of the molecule is CN1CCCN(c2ccc(Cl)cc2)CC1CCO. The fourth-order valence-corrected chi connectivity index (χ4v) is 2.65. The van der Waals surface area contributed by atoms with Gasteiger partial charge in [-0.25, -0.2) is 0 Å². The fraction of sp³-hybridized carbons (Fsp3) is 0.571. The summed E-state index contributed by atoms with van der Waals surface area (Å²) in [7, 11) is 2.14. The maximum atomic E-state index is 9.16. The van der Waals surface area contributed by atoms with Gasteiger partial charge in [-0.05, 0) is 50.7 Å². The molecule has 1 fully saturated rings.